The normalized spacial score (nSPS) is 10.3. The van der Waals surface area contributed by atoms with Crippen molar-refractivity contribution in [2.75, 3.05) is 0 Å². The van der Waals surface area contributed by atoms with Gasteiger partial charge in [-0.05, 0) is 17.8 Å². The summed E-state index contributed by atoms with van der Waals surface area (Å²) in [5.74, 6) is -1.94. The van der Waals surface area contributed by atoms with Gasteiger partial charge in [0.15, 0.2) is 5.16 Å². The predicted octanol–water partition coefficient (Wildman–Crippen LogP) is 1.19. The van der Waals surface area contributed by atoms with E-state index in [1.165, 1.54) is 6.33 Å². The second kappa shape index (κ2) is 4.27. The second-order valence-corrected chi connectivity index (χ2v) is 3.68. The van der Waals surface area contributed by atoms with Crippen LogP contribution >= 0.6 is 11.8 Å². The molecule has 82 valence electrons. The lowest BCUT2D eigenvalue weighted by molar-refractivity contribution is 0.0691. The summed E-state index contributed by atoms with van der Waals surface area (Å²) < 4.78 is 12.8. The summed E-state index contributed by atoms with van der Waals surface area (Å²) in [4.78, 5) is 18.3. The van der Waals surface area contributed by atoms with Crippen LogP contribution in [0.15, 0.2) is 28.8 Å². The van der Waals surface area contributed by atoms with Gasteiger partial charge in [-0.15, -0.1) is 0 Å². The molecule has 0 aliphatic rings. The maximum Gasteiger partial charge on any atom is 0.338 e. The first-order chi connectivity index (χ1) is 7.66. The minimum atomic E-state index is -1.24. The molecule has 8 heteroatoms. The summed E-state index contributed by atoms with van der Waals surface area (Å²) in [6, 6.07) is 0.911. The fourth-order valence-electron chi connectivity index (χ4n) is 0.996. The van der Waals surface area contributed by atoms with Crippen LogP contribution in [0.3, 0.4) is 0 Å². The molecular weight excluding hydrogens is 235 g/mol. The quantitative estimate of drug-likeness (QED) is 0.837. The molecule has 0 aliphatic carbocycles. The van der Waals surface area contributed by atoms with Crippen molar-refractivity contribution < 1.29 is 14.3 Å². The number of carbonyl (C=O) groups is 1. The summed E-state index contributed by atoms with van der Waals surface area (Å²) in [6.07, 6.45) is 2.23. The Kier molecular flexibility index (Phi) is 2.82. The molecule has 0 saturated heterocycles. The standard InChI is InChI=1S/C8H5FN4O2S/c9-4-1-5(7(14)15)6(10-2-4)16-8-11-3-12-13-8/h1-3H,(H,14,15)(H,11,12,13). The van der Waals surface area contributed by atoms with E-state index in [9.17, 15) is 9.18 Å². The Morgan fingerprint density at radius 1 is 1.50 bits per heavy atom. The number of pyridine rings is 1. The monoisotopic (exact) mass is 240 g/mol. The number of carboxylic acid groups (broad SMARTS) is 1. The number of aromatic nitrogens is 4. The third kappa shape index (κ3) is 2.16. The van der Waals surface area contributed by atoms with Crippen molar-refractivity contribution in [2.24, 2.45) is 0 Å². The van der Waals surface area contributed by atoms with Gasteiger partial charge < -0.3 is 5.11 Å². The molecule has 0 fully saturated rings. The molecule has 0 aliphatic heterocycles. The second-order valence-electron chi connectivity index (χ2n) is 2.70. The van der Waals surface area contributed by atoms with Crippen molar-refractivity contribution in [1.29, 1.82) is 0 Å². The molecule has 0 bridgehead atoms. The molecule has 0 aromatic carbocycles. The highest BCUT2D eigenvalue weighted by Gasteiger charge is 2.15. The van der Waals surface area contributed by atoms with Gasteiger partial charge in [-0.25, -0.2) is 19.2 Å². The third-order valence-electron chi connectivity index (χ3n) is 1.63. The molecule has 0 unspecified atom stereocenters. The van der Waals surface area contributed by atoms with Crippen LogP contribution in [0.5, 0.6) is 0 Å². The number of halogens is 1. The van der Waals surface area contributed by atoms with Gasteiger partial charge in [0, 0.05) is 0 Å². The van der Waals surface area contributed by atoms with Gasteiger partial charge in [0.2, 0.25) is 0 Å². The van der Waals surface area contributed by atoms with Crippen LogP contribution in [0.1, 0.15) is 10.4 Å². The lowest BCUT2D eigenvalue weighted by Gasteiger charge is -2.01. The van der Waals surface area contributed by atoms with Gasteiger partial charge in [0.1, 0.15) is 17.2 Å². The highest BCUT2D eigenvalue weighted by molar-refractivity contribution is 7.99. The van der Waals surface area contributed by atoms with Crippen LogP contribution in [0, 0.1) is 5.82 Å². The van der Waals surface area contributed by atoms with Crippen molar-refractivity contribution in [1.82, 2.24) is 20.2 Å². The largest absolute Gasteiger partial charge is 0.478 e. The zero-order valence-corrected chi connectivity index (χ0v) is 8.53. The van der Waals surface area contributed by atoms with Gasteiger partial charge in [0.05, 0.1) is 11.8 Å². The Morgan fingerprint density at radius 2 is 2.31 bits per heavy atom. The highest BCUT2D eigenvalue weighted by atomic mass is 32.2. The average molecular weight is 240 g/mol. The van der Waals surface area contributed by atoms with Crippen LogP contribution in [0.2, 0.25) is 0 Å². The van der Waals surface area contributed by atoms with Crippen LogP contribution in [-0.4, -0.2) is 31.2 Å². The zero-order chi connectivity index (χ0) is 11.5. The molecule has 16 heavy (non-hydrogen) atoms. The molecule has 2 rings (SSSR count). The summed E-state index contributed by atoms with van der Waals surface area (Å²) in [5, 5.41) is 15.5. The average Bonchev–Trinajstić information content (AvgIpc) is 2.73. The van der Waals surface area contributed by atoms with Crippen LogP contribution in [-0.2, 0) is 0 Å². The molecule has 2 aromatic heterocycles. The van der Waals surface area contributed by atoms with E-state index in [1.54, 1.807) is 0 Å². The number of hydrogen-bond donors (Lipinski definition) is 2. The number of rotatable bonds is 3. The Morgan fingerprint density at radius 3 is 2.94 bits per heavy atom. The van der Waals surface area contributed by atoms with E-state index in [0.29, 0.717) is 5.16 Å². The molecule has 6 nitrogen and oxygen atoms in total. The van der Waals surface area contributed by atoms with Gasteiger partial charge in [0.25, 0.3) is 0 Å². The molecule has 0 atom stereocenters. The summed E-state index contributed by atoms with van der Waals surface area (Å²) >= 11 is 0.970. The minimum Gasteiger partial charge on any atom is -0.478 e. The maximum absolute atomic E-state index is 12.8. The van der Waals surface area contributed by atoms with Crippen molar-refractivity contribution in [3.63, 3.8) is 0 Å². The summed E-state index contributed by atoms with van der Waals surface area (Å²) in [5.41, 5.74) is -0.207. The first-order valence-corrected chi connectivity index (χ1v) is 4.90. The molecule has 0 spiro atoms. The van der Waals surface area contributed by atoms with Crippen LogP contribution in [0.4, 0.5) is 4.39 Å². The fourth-order valence-corrected chi connectivity index (χ4v) is 1.74. The molecule has 0 saturated carbocycles. The predicted molar refractivity (Wildman–Crippen MR) is 51.7 cm³/mol. The first-order valence-electron chi connectivity index (χ1n) is 4.09. The molecule has 2 aromatic rings. The molecular formula is C8H5FN4O2S. The van der Waals surface area contributed by atoms with E-state index in [2.05, 4.69) is 20.2 Å². The lowest BCUT2D eigenvalue weighted by atomic mass is 10.3. The molecule has 2 heterocycles. The smallest absolute Gasteiger partial charge is 0.338 e. The number of carboxylic acids is 1. The summed E-state index contributed by atoms with van der Waals surface area (Å²) in [6.45, 7) is 0. The number of H-pyrrole nitrogens is 1. The molecule has 2 N–H and O–H groups in total. The number of nitrogens with one attached hydrogen (secondary N) is 1. The van der Waals surface area contributed by atoms with E-state index in [4.69, 9.17) is 5.11 Å². The Hall–Kier alpha value is -1.96. The maximum atomic E-state index is 12.8. The highest BCUT2D eigenvalue weighted by Crippen LogP contribution is 2.25. The molecule has 0 radical (unpaired) electrons. The van der Waals surface area contributed by atoms with E-state index < -0.39 is 11.8 Å². The minimum absolute atomic E-state index is 0.158. The summed E-state index contributed by atoms with van der Waals surface area (Å²) in [7, 11) is 0. The SMILES string of the molecule is O=C(O)c1cc(F)cnc1Sc1ncn[nH]1. The van der Waals surface area contributed by atoms with Gasteiger partial charge in [-0.2, -0.15) is 5.10 Å². The Balaban J connectivity index is 2.36. The van der Waals surface area contributed by atoms with Crippen molar-refractivity contribution in [2.45, 2.75) is 10.2 Å². The first kappa shape index (κ1) is 10.6. The van der Waals surface area contributed by atoms with Crippen molar-refractivity contribution in [3.8, 4) is 0 Å². The van der Waals surface area contributed by atoms with E-state index in [-0.39, 0.29) is 10.6 Å². The third-order valence-corrected chi connectivity index (χ3v) is 2.54. The topological polar surface area (TPSA) is 91.8 Å². The van der Waals surface area contributed by atoms with E-state index in [0.717, 1.165) is 24.0 Å². The van der Waals surface area contributed by atoms with Crippen LogP contribution < -0.4 is 0 Å². The van der Waals surface area contributed by atoms with Gasteiger partial charge >= 0.3 is 5.97 Å². The van der Waals surface area contributed by atoms with Crippen molar-refractivity contribution in [3.05, 3.63) is 30.0 Å². The number of nitrogens with zero attached hydrogens (tertiary/aromatic N) is 3. The van der Waals surface area contributed by atoms with E-state index >= 15 is 0 Å². The van der Waals surface area contributed by atoms with Gasteiger partial charge in [-0.3, -0.25) is 5.10 Å². The van der Waals surface area contributed by atoms with Crippen molar-refractivity contribution >= 4 is 17.7 Å². The van der Waals surface area contributed by atoms with Crippen LogP contribution in [0.25, 0.3) is 0 Å². The fraction of sp³-hybridized carbons (Fsp3) is 0. The number of aromatic carboxylic acids is 1. The Labute approximate surface area is 92.9 Å². The molecule has 0 amide bonds. The number of aromatic amines is 1. The van der Waals surface area contributed by atoms with Gasteiger partial charge in [-0.1, -0.05) is 0 Å². The Bertz CT molecular complexity index is 517. The zero-order valence-electron chi connectivity index (χ0n) is 7.72. The number of hydrogen-bond acceptors (Lipinski definition) is 5. The lowest BCUT2D eigenvalue weighted by Crippen LogP contribution is -2.02. The van der Waals surface area contributed by atoms with E-state index in [1.807, 2.05) is 0 Å².